The van der Waals surface area contributed by atoms with E-state index in [1.54, 1.807) is 0 Å². The molecule has 0 bridgehead atoms. The van der Waals surface area contributed by atoms with E-state index in [-0.39, 0.29) is 21.1 Å². The molecule has 0 saturated heterocycles. The molecule has 0 fully saturated rings. The molecule has 0 N–H and O–H groups in total. The summed E-state index contributed by atoms with van der Waals surface area (Å²) in [7, 11) is 0. The van der Waals surface area contributed by atoms with Crippen molar-refractivity contribution in [1.29, 1.82) is 0 Å². The van der Waals surface area contributed by atoms with Crippen molar-refractivity contribution in [2.24, 2.45) is 0 Å². The summed E-state index contributed by atoms with van der Waals surface area (Å²) in [5, 5.41) is 0. The van der Waals surface area contributed by atoms with E-state index in [1.807, 2.05) is 0 Å². The molecule has 0 atom stereocenters. The van der Waals surface area contributed by atoms with E-state index in [0.29, 0.717) is 25.9 Å². The number of unbranched alkanes of at least 4 members (excludes halogenated alkanes) is 72. The molecule has 0 spiro atoms. The van der Waals surface area contributed by atoms with Crippen molar-refractivity contribution in [3.05, 3.63) is 0 Å². The van der Waals surface area contributed by atoms with Crippen molar-refractivity contribution in [3.8, 4) is 0 Å². The monoisotopic (exact) mass is 2160 g/mol. The van der Waals surface area contributed by atoms with Crippen molar-refractivity contribution < 1.29 is 21.1 Å². The van der Waals surface area contributed by atoms with Crippen molar-refractivity contribution in [2.45, 2.75) is 622 Å². The standard InChI is InChI=1S/6C19H39NS2.Mo/c6*1-3-5-7-9-11-13-15-17-20(19(21)22)18-16-14-12-10-8-6-4-2;/h6*3-18H2,1-2H3,(H,21,22);/q;;;;;;+6/p-6. The Morgan fingerprint density at radius 3 is 0.218 bits per heavy atom. The smallest absolute Gasteiger partial charge is 0.411 e. The first kappa shape index (κ1) is 147. The van der Waals surface area contributed by atoms with E-state index >= 15 is 0 Å². The second kappa shape index (κ2) is 131. The maximum absolute atomic E-state index is 5.23. The van der Waals surface area contributed by atoms with E-state index < -0.39 is 0 Å². The van der Waals surface area contributed by atoms with Gasteiger partial charge in [-0.25, -0.2) is 0 Å². The Kier molecular flexibility index (Phi) is 145. The van der Waals surface area contributed by atoms with Gasteiger partial charge in [0.1, 0.15) is 0 Å². The maximum atomic E-state index is 5.23. The summed E-state index contributed by atoms with van der Waals surface area (Å²) in [6, 6.07) is 0. The number of hydrogen-bond acceptors (Lipinski definition) is 12. The molecular formula is C114H228MoN6S12. The zero-order valence-corrected chi connectivity index (χ0v) is 103. The normalized spacial score (nSPS) is 10.7. The van der Waals surface area contributed by atoms with Gasteiger partial charge in [0.15, 0.2) is 0 Å². The Morgan fingerprint density at radius 2 is 0.165 bits per heavy atom. The van der Waals surface area contributed by atoms with Crippen LogP contribution >= 0.6 is 73.3 Å². The summed E-state index contributed by atoms with van der Waals surface area (Å²) < 4.78 is 4.07. The van der Waals surface area contributed by atoms with E-state index in [4.69, 9.17) is 149 Å². The van der Waals surface area contributed by atoms with Gasteiger partial charge in [0.2, 0.25) is 0 Å². The van der Waals surface area contributed by atoms with E-state index in [2.05, 4.69) is 112 Å². The first-order valence-electron chi connectivity index (χ1n) is 58.1. The minimum atomic E-state index is 0. The Bertz CT molecular complexity index is 1750. The van der Waals surface area contributed by atoms with Crippen LogP contribution in [0.15, 0.2) is 0 Å². The van der Waals surface area contributed by atoms with E-state index in [1.165, 1.54) is 539 Å². The second-order valence-electron chi connectivity index (χ2n) is 39.0. The maximum Gasteiger partial charge on any atom is 6.00 e. The molecule has 0 amide bonds. The first-order valence-corrected chi connectivity index (χ1v) is 63.0. The van der Waals surface area contributed by atoms with Gasteiger partial charge in [-0.05, 0) is 77.0 Å². The van der Waals surface area contributed by atoms with Crippen LogP contribution in [0.2, 0.25) is 0 Å². The zero-order valence-electron chi connectivity index (χ0n) is 90.9. The molecule has 0 unspecified atom stereocenters. The van der Waals surface area contributed by atoms with Crippen LogP contribution in [0, 0.1) is 0 Å². The largest absolute Gasteiger partial charge is 6.00 e. The van der Waals surface area contributed by atoms with Crippen LogP contribution in [0.1, 0.15) is 622 Å². The quantitative estimate of drug-likeness (QED) is 0.0249. The van der Waals surface area contributed by atoms with Gasteiger partial charge in [0.05, 0.1) is 0 Å². The number of nitrogens with zero attached hydrogens (tertiary/aromatic N) is 6. The fourth-order valence-electron chi connectivity index (χ4n) is 16.9. The average molecular weight is 2160 g/mol. The van der Waals surface area contributed by atoms with Crippen LogP contribution in [0.4, 0.5) is 0 Å². The van der Waals surface area contributed by atoms with Gasteiger partial charge in [-0.15, -0.1) is 0 Å². The van der Waals surface area contributed by atoms with Gasteiger partial charge in [0, 0.05) is 78.5 Å². The summed E-state index contributed by atoms with van der Waals surface area (Å²) in [4.78, 5) is 13.5. The molecule has 6 nitrogen and oxygen atoms in total. The van der Waals surface area contributed by atoms with E-state index in [9.17, 15) is 0 Å². The van der Waals surface area contributed by atoms with Crippen LogP contribution in [0.25, 0.3) is 0 Å². The second-order valence-corrected chi connectivity index (χ2v) is 45.2. The minimum absolute atomic E-state index is 0. The summed E-state index contributed by atoms with van der Waals surface area (Å²) >= 11 is 62.7. The molecule has 0 aromatic heterocycles. The van der Waals surface area contributed by atoms with Gasteiger partial charge >= 0.3 is 21.1 Å². The van der Waals surface area contributed by atoms with Gasteiger partial charge in [-0.3, -0.25) is 0 Å². The third kappa shape index (κ3) is 129. The Balaban J connectivity index is -0.000000286. The molecule has 19 heteroatoms. The predicted molar refractivity (Wildman–Crippen MR) is 645 cm³/mol. The fraction of sp³-hybridized carbons (Fsp3) is 0.947. The average Bonchev–Trinajstić information content (AvgIpc) is 0.996. The zero-order chi connectivity index (χ0) is 98.8. The summed E-state index contributed by atoms with van der Waals surface area (Å²) in [5.74, 6) is 0. The predicted octanol–water partition coefficient (Wildman–Crippen LogP) is 39.7. The van der Waals surface area contributed by atoms with Gasteiger partial charge in [-0.2, -0.15) is 0 Å². The van der Waals surface area contributed by atoms with Crippen molar-refractivity contribution in [1.82, 2.24) is 29.4 Å². The number of rotatable bonds is 96. The van der Waals surface area contributed by atoms with Crippen molar-refractivity contribution in [3.63, 3.8) is 0 Å². The van der Waals surface area contributed by atoms with Crippen LogP contribution in [-0.2, 0) is 96.8 Å². The Labute approximate surface area is 917 Å². The number of thiocarbonyl (C=S) groups is 6. The summed E-state index contributed by atoms with van der Waals surface area (Å²) in [6.45, 7) is 40.1. The molecule has 0 aliphatic carbocycles. The summed E-state index contributed by atoms with van der Waals surface area (Å²) in [6.07, 6.45) is 114. The molecule has 0 aliphatic rings. The topological polar surface area (TPSA) is 19.4 Å². The van der Waals surface area contributed by atoms with Gasteiger partial charge < -0.3 is 178 Å². The van der Waals surface area contributed by atoms with Gasteiger partial charge in [-0.1, -0.05) is 571 Å². The first-order chi connectivity index (χ1) is 64.3. The molecular weight excluding hydrogens is 1930 g/mol. The van der Waals surface area contributed by atoms with Crippen molar-refractivity contribution in [2.75, 3.05) is 78.5 Å². The van der Waals surface area contributed by atoms with E-state index in [0.717, 1.165) is 78.5 Å². The molecule has 0 heterocycles. The molecule has 0 saturated carbocycles. The molecule has 0 rings (SSSR count). The van der Waals surface area contributed by atoms with Crippen LogP contribution in [-0.4, -0.2) is 134 Å². The van der Waals surface area contributed by atoms with Gasteiger partial charge in [0.25, 0.3) is 0 Å². The Morgan fingerprint density at radius 1 is 0.113 bits per heavy atom. The molecule has 792 valence electrons. The number of hydrogen-bond donors (Lipinski definition) is 0. The van der Waals surface area contributed by atoms with Crippen LogP contribution in [0.5, 0.6) is 0 Å². The molecule has 133 heavy (non-hydrogen) atoms. The Hall–Kier alpha value is 1.35. The molecule has 0 aliphatic heterocycles. The fourth-order valence-corrected chi connectivity index (χ4v) is 19.1. The third-order valence-electron chi connectivity index (χ3n) is 25.9. The third-order valence-corrected chi connectivity index (χ3v) is 29.0. The van der Waals surface area contributed by atoms with Crippen LogP contribution in [0.3, 0.4) is 0 Å². The molecule has 0 radical (unpaired) electrons. The molecule has 0 aromatic carbocycles. The SMILES string of the molecule is CCCCCCCCCN(CCCCCCCCC)C(=S)[S-].CCCCCCCCCN(CCCCCCCCC)C(=S)[S-].CCCCCCCCCN(CCCCCCCCC)C(=S)[S-].CCCCCCCCCN(CCCCCCCCC)C(=S)[S-].CCCCCCCCCN(CCCCCCCCC)C(=S)[S-].CCCCCCCCCN(CCCCCCCCC)C(=S)[S-].[Mo+6]. The van der Waals surface area contributed by atoms with Crippen LogP contribution < -0.4 is 0 Å². The minimum Gasteiger partial charge on any atom is -0.411 e. The van der Waals surface area contributed by atoms with Crippen molar-refractivity contribution >= 4 is 175 Å². The molecule has 0 aromatic rings. The summed E-state index contributed by atoms with van der Waals surface area (Å²) in [5.41, 5.74) is 0.